The molecule has 0 fully saturated rings. The highest BCUT2D eigenvalue weighted by Crippen LogP contribution is 2.24. The van der Waals surface area contributed by atoms with Crippen LogP contribution < -0.4 is 5.32 Å². The number of fused-ring (bicyclic) bond motifs is 1. The molecule has 3 aromatic rings. The first-order valence-corrected chi connectivity index (χ1v) is 7.90. The van der Waals surface area contributed by atoms with Crippen LogP contribution in [0, 0.1) is 17.2 Å². The first-order chi connectivity index (χ1) is 11.9. The SMILES string of the molecule is CC(C)[C@](C)(C#N)NC(=O)Cn1nnc(-c2cc3ccccc3o2)n1. The normalized spacial score (nSPS) is 13.6. The molecule has 1 aromatic carbocycles. The van der Waals surface area contributed by atoms with Crippen molar-refractivity contribution in [2.75, 3.05) is 0 Å². The highest BCUT2D eigenvalue weighted by atomic mass is 16.3. The van der Waals surface area contributed by atoms with Gasteiger partial charge in [0.25, 0.3) is 0 Å². The van der Waals surface area contributed by atoms with Crippen LogP contribution in [-0.2, 0) is 11.3 Å². The lowest BCUT2D eigenvalue weighted by Crippen LogP contribution is -2.50. The van der Waals surface area contributed by atoms with Gasteiger partial charge in [-0.1, -0.05) is 32.0 Å². The van der Waals surface area contributed by atoms with Crippen LogP contribution in [0.3, 0.4) is 0 Å². The van der Waals surface area contributed by atoms with Gasteiger partial charge in [0.15, 0.2) is 5.76 Å². The molecule has 0 aliphatic rings. The van der Waals surface area contributed by atoms with E-state index in [1.165, 1.54) is 4.80 Å². The van der Waals surface area contributed by atoms with Gasteiger partial charge in [-0.15, -0.1) is 10.2 Å². The Hall–Kier alpha value is -3.21. The average molecular weight is 338 g/mol. The number of nitrogens with one attached hydrogen (secondary N) is 1. The minimum atomic E-state index is -0.945. The van der Waals surface area contributed by atoms with Crippen molar-refractivity contribution in [3.63, 3.8) is 0 Å². The summed E-state index contributed by atoms with van der Waals surface area (Å²) in [5.74, 6) is 0.398. The second-order valence-electron chi connectivity index (χ2n) is 6.31. The van der Waals surface area contributed by atoms with E-state index in [4.69, 9.17) is 4.42 Å². The number of para-hydroxylation sites is 1. The molecule has 0 saturated carbocycles. The second-order valence-corrected chi connectivity index (χ2v) is 6.31. The van der Waals surface area contributed by atoms with Crippen molar-refractivity contribution in [3.05, 3.63) is 30.3 Å². The monoisotopic (exact) mass is 338 g/mol. The lowest BCUT2D eigenvalue weighted by atomic mass is 9.90. The van der Waals surface area contributed by atoms with Crippen LogP contribution in [0.15, 0.2) is 34.7 Å². The predicted molar refractivity (Wildman–Crippen MR) is 90.0 cm³/mol. The second kappa shape index (κ2) is 6.36. The van der Waals surface area contributed by atoms with E-state index in [0.29, 0.717) is 11.6 Å². The molecule has 1 N–H and O–H groups in total. The molecule has 0 aliphatic carbocycles. The minimum absolute atomic E-state index is 0.0312. The summed E-state index contributed by atoms with van der Waals surface area (Å²) < 4.78 is 5.68. The number of tetrazole rings is 1. The molecule has 0 bridgehead atoms. The van der Waals surface area contributed by atoms with Crippen molar-refractivity contribution in [2.45, 2.75) is 32.9 Å². The lowest BCUT2D eigenvalue weighted by molar-refractivity contribution is -0.123. The van der Waals surface area contributed by atoms with Gasteiger partial charge in [-0.25, -0.2) is 0 Å². The average Bonchev–Trinajstić information content (AvgIpc) is 3.20. The topological polar surface area (TPSA) is 110 Å². The first-order valence-electron chi connectivity index (χ1n) is 7.90. The molecule has 0 saturated heterocycles. The van der Waals surface area contributed by atoms with Crippen LogP contribution in [0.25, 0.3) is 22.6 Å². The van der Waals surface area contributed by atoms with Gasteiger partial charge in [0.1, 0.15) is 17.7 Å². The van der Waals surface area contributed by atoms with Gasteiger partial charge in [-0.3, -0.25) is 4.79 Å². The summed E-state index contributed by atoms with van der Waals surface area (Å²) in [6.07, 6.45) is 0. The van der Waals surface area contributed by atoms with Crippen LogP contribution in [0.2, 0.25) is 0 Å². The smallest absolute Gasteiger partial charge is 0.244 e. The molecule has 2 aromatic heterocycles. The van der Waals surface area contributed by atoms with Gasteiger partial charge >= 0.3 is 0 Å². The third-order valence-corrected chi connectivity index (χ3v) is 4.17. The number of amides is 1. The highest BCUT2D eigenvalue weighted by molar-refractivity contribution is 5.81. The number of nitriles is 1. The molecule has 1 amide bonds. The fraction of sp³-hybridized carbons (Fsp3) is 0.353. The van der Waals surface area contributed by atoms with Gasteiger partial charge in [0.2, 0.25) is 11.7 Å². The number of hydrogen-bond acceptors (Lipinski definition) is 6. The third-order valence-electron chi connectivity index (χ3n) is 4.17. The lowest BCUT2D eigenvalue weighted by Gasteiger charge is -2.27. The summed E-state index contributed by atoms with van der Waals surface area (Å²) in [5, 5.41) is 24.9. The van der Waals surface area contributed by atoms with E-state index >= 15 is 0 Å². The van der Waals surface area contributed by atoms with Crippen LogP contribution >= 0.6 is 0 Å². The zero-order valence-electron chi connectivity index (χ0n) is 14.2. The summed E-state index contributed by atoms with van der Waals surface area (Å²) in [6.45, 7) is 5.30. The Labute approximate surface area is 144 Å². The molecule has 8 nitrogen and oxygen atoms in total. The number of furan rings is 1. The van der Waals surface area contributed by atoms with Gasteiger partial charge in [-0.05, 0) is 30.2 Å². The maximum atomic E-state index is 12.2. The molecule has 1 atom stereocenters. The van der Waals surface area contributed by atoms with E-state index < -0.39 is 5.54 Å². The third kappa shape index (κ3) is 3.35. The maximum absolute atomic E-state index is 12.2. The zero-order valence-corrected chi connectivity index (χ0v) is 14.2. The Bertz CT molecular complexity index is 918. The zero-order chi connectivity index (χ0) is 18.0. The standard InChI is InChI=1S/C17H18N6O2/c1-11(2)17(3,10-18)19-15(24)9-23-21-16(20-22-23)14-8-12-6-4-5-7-13(12)25-14/h4-8,11H,9H2,1-3H3,(H,19,24)/t17-/m0/s1. The Kier molecular flexibility index (Phi) is 4.23. The molecule has 3 rings (SSSR count). The van der Waals surface area contributed by atoms with Crippen molar-refractivity contribution in [1.82, 2.24) is 25.5 Å². The van der Waals surface area contributed by atoms with E-state index in [2.05, 4.69) is 26.8 Å². The van der Waals surface area contributed by atoms with Gasteiger partial charge in [0, 0.05) is 5.39 Å². The van der Waals surface area contributed by atoms with Crippen molar-refractivity contribution in [1.29, 1.82) is 5.26 Å². The maximum Gasteiger partial charge on any atom is 0.244 e. The number of rotatable bonds is 5. The van der Waals surface area contributed by atoms with Crippen LogP contribution in [0.5, 0.6) is 0 Å². The van der Waals surface area contributed by atoms with E-state index in [9.17, 15) is 10.1 Å². The molecule has 0 aliphatic heterocycles. The van der Waals surface area contributed by atoms with Crippen molar-refractivity contribution >= 4 is 16.9 Å². The molecular weight excluding hydrogens is 320 g/mol. The number of benzene rings is 1. The summed E-state index contributed by atoms with van der Waals surface area (Å²) in [4.78, 5) is 13.3. The van der Waals surface area contributed by atoms with E-state index in [1.54, 1.807) is 6.92 Å². The summed E-state index contributed by atoms with van der Waals surface area (Å²) in [6, 6.07) is 11.5. The van der Waals surface area contributed by atoms with Crippen molar-refractivity contribution < 1.29 is 9.21 Å². The molecule has 0 unspecified atom stereocenters. The molecular formula is C17H18N6O2. The first kappa shape index (κ1) is 16.6. The van der Waals surface area contributed by atoms with Crippen LogP contribution in [0.4, 0.5) is 0 Å². The number of carbonyl (C=O) groups excluding carboxylic acids is 1. The molecule has 0 spiro atoms. The molecule has 128 valence electrons. The quantitative estimate of drug-likeness (QED) is 0.763. The minimum Gasteiger partial charge on any atom is -0.453 e. The number of carbonyl (C=O) groups is 1. The number of aromatic nitrogens is 4. The summed E-state index contributed by atoms with van der Waals surface area (Å²) in [7, 11) is 0. The molecule has 25 heavy (non-hydrogen) atoms. The Morgan fingerprint density at radius 3 is 2.88 bits per heavy atom. The number of hydrogen-bond donors (Lipinski definition) is 1. The predicted octanol–water partition coefficient (Wildman–Crippen LogP) is 2.14. The number of nitrogens with zero attached hydrogens (tertiary/aromatic N) is 5. The Morgan fingerprint density at radius 1 is 1.44 bits per heavy atom. The fourth-order valence-electron chi connectivity index (χ4n) is 2.26. The fourth-order valence-corrected chi connectivity index (χ4v) is 2.26. The van der Waals surface area contributed by atoms with Gasteiger partial charge < -0.3 is 9.73 Å². The Morgan fingerprint density at radius 2 is 2.20 bits per heavy atom. The van der Waals surface area contributed by atoms with E-state index in [-0.39, 0.29) is 18.4 Å². The summed E-state index contributed by atoms with van der Waals surface area (Å²) >= 11 is 0. The van der Waals surface area contributed by atoms with E-state index in [0.717, 1.165) is 11.0 Å². The van der Waals surface area contributed by atoms with Crippen LogP contribution in [-0.4, -0.2) is 31.7 Å². The van der Waals surface area contributed by atoms with Crippen molar-refractivity contribution in [2.24, 2.45) is 5.92 Å². The molecule has 8 heteroatoms. The van der Waals surface area contributed by atoms with Gasteiger partial charge in [-0.2, -0.15) is 10.1 Å². The highest BCUT2D eigenvalue weighted by Gasteiger charge is 2.30. The van der Waals surface area contributed by atoms with Crippen LogP contribution in [0.1, 0.15) is 20.8 Å². The van der Waals surface area contributed by atoms with Crippen molar-refractivity contribution in [3.8, 4) is 17.7 Å². The van der Waals surface area contributed by atoms with E-state index in [1.807, 2.05) is 44.2 Å². The summed E-state index contributed by atoms with van der Waals surface area (Å²) in [5.41, 5.74) is -0.215. The Balaban J connectivity index is 1.73. The van der Waals surface area contributed by atoms with Gasteiger partial charge in [0.05, 0.1) is 6.07 Å². The molecule has 2 heterocycles. The largest absolute Gasteiger partial charge is 0.453 e. The molecule has 0 radical (unpaired) electrons.